The van der Waals surface area contributed by atoms with Gasteiger partial charge in [0.15, 0.2) is 25.7 Å². The number of aliphatic hydroxyl groups is 1. The number of hydrogen-bond donors (Lipinski definition) is 2. The van der Waals surface area contributed by atoms with Crippen LogP contribution in [0.15, 0.2) is 29.6 Å². The van der Waals surface area contributed by atoms with E-state index < -0.39 is 38.6 Å². The molecular formula is C26H41N4O6PS2Si. The summed E-state index contributed by atoms with van der Waals surface area (Å²) in [5, 5.41) is 11.5. The number of imidazole rings is 1. The Morgan fingerprint density at radius 2 is 2.15 bits per heavy atom. The van der Waals surface area contributed by atoms with Crippen LogP contribution < -0.4 is 5.56 Å². The van der Waals surface area contributed by atoms with Crippen molar-refractivity contribution in [2.75, 3.05) is 6.61 Å². The molecular weight excluding hydrogens is 588 g/mol. The summed E-state index contributed by atoms with van der Waals surface area (Å²) >= 11 is 7.67. The fourth-order valence-corrected chi connectivity index (χ4v) is 13.9. The molecule has 4 heterocycles. The van der Waals surface area contributed by atoms with Crippen LogP contribution in [0.25, 0.3) is 11.2 Å². The summed E-state index contributed by atoms with van der Waals surface area (Å²) in [6.45, 7) is 19.3. The van der Waals surface area contributed by atoms with Crippen molar-refractivity contribution in [3.8, 4) is 0 Å². The molecule has 3 fully saturated rings. The maximum atomic E-state index is 12.2. The van der Waals surface area contributed by atoms with E-state index in [2.05, 4.69) is 69.2 Å². The maximum absolute atomic E-state index is 12.2. The van der Waals surface area contributed by atoms with E-state index in [-0.39, 0.29) is 33.6 Å². The molecule has 2 N–H and O–H groups in total. The minimum Gasteiger partial charge on any atom is -0.408 e. The fourth-order valence-electron chi connectivity index (χ4n) is 5.40. The first kappa shape index (κ1) is 30.6. The SMILES string of the molecule is C=C(C)[C@@H]1CC[C@]2(C)S[P@@](=S)(OC[C@H]3O[C@@H](n4cnc5c(=O)[nH]cnc54)[C@H](O)C3O[Si](C)(C)C(C)(C)C)O[C@H]2C1. The molecule has 2 aliphatic heterocycles. The molecule has 1 aliphatic carbocycles. The van der Waals surface area contributed by atoms with Crippen molar-refractivity contribution in [3.05, 3.63) is 35.2 Å². The summed E-state index contributed by atoms with van der Waals surface area (Å²) in [4.78, 5) is 23.3. The number of hydrogen-bond acceptors (Lipinski definition) is 10. The van der Waals surface area contributed by atoms with Gasteiger partial charge in [-0.15, -0.1) is 0 Å². The van der Waals surface area contributed by atoms with E-state index in [1.54, 1.807) is 15.9 Å². The zero-order chi connectivity index (χ0) is 29.3. The highest BCUT2D eigenvalue weighted by molar-refractivity contribution is 8.68. The second-order valence-electron chi connectivity index (χ2n) is 13.0. The lowest BCUT2D eigenvalue weighted by Gasteiger charge is -2.40. The molecule has 222 valence electrons. The van der Waals surface area contributed by atoms with Crippen LogP contribution in [0.4, 0.5) is 0 Å². The highest BCUT2D eigenvalue weighted by atomic mass is 32.9. The summed E-state index contributed by atoms with van der Waals surface area (Å²) in [5.74, 6) is 0.433. The van der Waals surface area contributed by atoms with Crippen LogP contribution in [0.2, 0.25) is 18.1 Å². The zero-order valence-electron chi connectivity index (χ0n) is 24.2. The van der Waals surface area contributed by atoms with E-state index in [9.17, 15) is 9.90 Å². The molecule has 5 rings (SSSR count). The largest absolute Gasteiger partial charge is 0.408 e. The van der Waals surface area contributed by atoms with Gasteiger partial charge in [-0.1, -0.05) is 44.3 Å². The molecule has 14 heteroatoms. The molecule has 8 atom stereocenters. The molecule has 0 radical (unpaired) electrons. The second kappa shape index (κ2) is 10.7. The standard InChI is InChI=1S/C26H41N4O6PS2Si/c1-15(2)16-9-10-26(6)18(11-16)35-37(38,39-26)33-12-17-21(36-40(7,8)25(3,4)5)20(31)24(34-17)30-14-29-19-22(30)27-13-28-23(19)32/h13-14,16-18,20-21,24,31H,1,9-12H2,2-8H3,(H,27,28,32)/t16-,17-,18+,20-,21?,24-,26+,37+/m1/s1. The lowest BCUT2D eigenvalue weighted by molar-refractivity contribution is -0.0475. The Bertz CT molecular complexity index is 1400. The van der Waals surface area contributed by atoms with Crippen molar-refractivity contribution in [1.82, 2.24) is 19.5 Å². The van der Waals surface area contributed by atoms with E-state index in [4.69, 9.17) is 30.0 Å². The first-order chi connectivity index (χ1) is 18.5. The molecule has 0 bridgehead atoms. The number of aromatic amines is 1. The Kier molecular flexibility index (Phi) is 8.16. The number of nitrogens with zero attached hydrogens (tertiary/aromatic N) is 3. The van der Waals surface area contributed by atoms with E-state index in [0.29, 0.717) is 11.6 Å². The van der Waals surface area contributed by atoms with Crippen LogP contribution in [-0.2, 0) is 30.0 Å². The Balaban J connectivity index is 1.39. The average Bonchev–Trinajstić information content (AvgIpc) is 3.48. The number of aliphatic hydroxyl groups excluding tert-OH is 1. The van der Waals surface area contributed by atoms with Crippen LogP contribution in [0.3, 0.4) is 0 Å². The highest BCUT2D eigenvalue weighted by Gasteiger charge is 2.55. The van der Waals surface area contributed by atoms with Crippen LogP contribution >= 0.6 is 17.1 Å². The van der Waals surface area contributed by atoms with E-state index >= 15 is 0 Å². The molecule has 2 aromatic heterocycles. The molecule has 0 spiro atoms. The van der Waals surface area contributed by atoms with E-state index in [1.807, 2.05) is 0 Å². The van der Waals surface area contributed by atoms with Gasteiger partial charge in [-0.2, -0.15) is 0 Å². The lowest BCUT2D eigenvalue weighted by atomic mass is 9.77. The van der Waals surface area contributed by atoms with Crippen molar-refractivity contribution in [1.29, 1.82) is 0 Å². The summed E-state index contributed by atoms with van der Waals surface area (Å²) in [7, 11) is -2.32. The normalized spacial score (nSPS) is 36.7. The highest BCUT2D eigenvalue weighted by Crippen LogP contribution is 2.75. The molecule has 40 heavy (non-hydrogen) atoms. The van der Waals surface area contributed by atoms with Crippen molar-refractivity contribution < 1.29 is 23.3 Å². The predicted molar refractivity (Wildman–Crippen MR) is 163 cm³/mol. The van der Waals surface area contributed by atoms with Gasteiger partial charge >= 0.3 is 0 Å². The van der Waals surface area contributed by atoms with Crippen molar-refractivity contribution in [3.63, 3.8) is 0 Å². The lowest BCUT2D eigenvalue weighted by Crippen LogP contribution is -2.49. The van der Waals surface area contributed by atoms with Gasteiger partial charge in [0.2, 0.25) is 5.69 Å². The maximum Gasteiger partial charge on any atom is 0.278 e. The van der Waals surface area contributed by atoms with Gasteiger partial charge in [0.25, 0.3) is 5.56 Å². The molecule has 2 aromatic rings. The van der Waals surface area contributed by atoms with Gasteiger partial charge in [-0.3, -0.25) is 9.36 Å². The Morgan fingerprint density at radius 3 is 2.83 bits per heavy atom. The summed E-state index contributed by atoms with van der Waals surface area (Å²) in [5.41, 5.74) is -1.34. The quantitative estimate of drug-likeness (QED) is 0.238. The number of fused-ring (bicyclic) bond motifs is 2. The number of rotatable bonds is 7. The van der Waals surface area contributed by atoms with Crippen molar-refractivity contribution in [2.24, 2.45) is 5.92 Å². The number of nitrogens with one attached hydrogen (secondary N) is 1. The van der Waals surface area contributed by atoms with Crippen LogP contribution in [0.1, 0.15) is 60.1 Å². The average molecular weight is 629 g/mol. The van der Waals surface area contributed by atoms with E-state index in [0.717, 1.165) is 19.3 Å². The molecule has 10 nitrogen and oxygen atoms in total. The minimum atomic E-state index is -2.67. The first-order valence-electron chi connectivity index (χ1n) is 13.7. The molecule has 0 amide bonds. The molecule has 1 saturated carbocycles. The van der Waals surface area contributed by atoms with E-state index in [1.165, 1.54) is 18.2 Å². The van der Waals surface area contributed by atoms with Gasteiger partial charge in [-0.25, -0.2) is 9.97 Å². The summed E-state index contributed by atoms with van der Waals surface area (Å²) in [6.07, 6.45) is 2.57. The first-order valence-corrected chi connectivity index (χ1v) is 20.7. The Hall–Kier alpha value is -0.893. The fraction of sp³-hybridized carbons (Fsp3) is 0.731. The van der Waals surface area contributed by atoms with Crippen molar-refractivity contribution in [2.45, 2.75) is 107 Å². The summed E-state index contributed by atoms with van der Waals surface area (Å²) < 4.78 is 27.6. The number of ether oxygens (including phenoxy) is 1. The number of allylic oxidation sites excluding steroid dienone is 1. The van der Waals surface area contributed by atoms with Crippen molar-refractivity contribution >= 4 is 48.4 Å². The molecule has 0 aromatic carbocycles. The third-order valence-corrected chi connectivity index (χ3v) is 19.3. The van der Waals surface area contributed by atoms with Gasteiger partial charge < -0.3 is 28.3 Å². The minimum absolute atomic E-state index is 0.0161. The van der Waals surface area contributed by atoms with Gasteiger partial charge in [-0.05, 0) is 69.0 Å². The third-order valence-electron chi connectivity index (χ3n) is 9.03. The van der Waals surface area contributed by atoms with Crippen LogP contribution in [-0.4, -0.2) is 68.7 Å². The topological polar surface area (TPSA) is 121 Å². The van der Waals surface area contributed by atoms with Gasteiger partial charge in [0.1, 0.15) is 18.3 Å². The molecule has 2 saturated heterocycles. The zero-order valence-corrected chi connectivity index (χ0v) is 27.8. The number of aromatic nitrogens is 4. The van der Waals surface area contributed by atoms with Gasteiger partial charge in [0.05, 0.1) is 25.4 Å². The Labute approximate surface area is 245 Å². The number of H-pyrrole nitrogens is 1. The van der Waals surface area contributed by atoms with Gasteiger partial charge in [0, 0.05) is 4.75 Å². The second-order valence-corrected chi connectivity index (χ2v) is 24.4. The molecule has 1 unspecified atom stereocenters. The third kappa shape index (κ3) is 5.58. The Morgan fingerprint density at radius 1 is 1.43 bits per heavy atom. The van der Waals surface area contributed by atoms with Crippen LogP contribution in [0, 0.1) is 5.92 Å². The predicted octanol–water partition coefficient (Wildman–Crippen LogP) is 5.28. The van der Waals surface area contributed by atoms with Crippen LogP contribution in [0.5, 0.6) is 0 Å². The smallest absolute Gasteiger partial charge is 0.278 e. The monoisotopic (exact) mass is 628 g/mol. The molecule has 3 aliphatic rings. The summed E-state index contributed by atoms with van der Waals surface area (Å²) in [6, 6.07) is 0.